The number of fused-ring (bicyclic) bond motifs is 2. The normalized spacial score (nSPS) is 20.3. The van der Waals surface area contributed by atoms with E-state index in [1.54, 1.807) is 22.9 Å². The maximum atomic E-state index is 12.8. The van der Waals surface area contributed by atoms with E-state index in [9.17, 15) is 28.0 Å². The Bertz CT molecular complexity index is 1350. The quantitative estimate of drug-likeness (QED) is 0.620. The first-order valence-electron chi connectivity index (χ1n) is 10.5. The van der Waals surface area contributed by atoms with E-state index in [1.165, 1.54) is 12.3 Å². The summed E-state index contributed by atoms with van der Waals surface area (Å²) in [4.78, 5) is 28.3. The number of pyridine rings is 1. The van der Waals surface area contributed by atoms with Crippen LogP contribution in [0.5, 0.6) is 0 Å². The molecule has 1 fully saturated rings. The number of alkyl halides is 3. The summed E-state index contributed by atoms with van der Waals surface area (Å²) in [6.07, 6.45) is -0.519. The van der Waals surface area contributed by atoms with Gasteiger partial charge in [-0.3, -0.25) is 14.3 Å². The maximum absolute atomic E-state index is 12.8. The minimum atomic E-state index is -4.48. The lowest BCUT2D eigenvalue weighted by Gasteiger charge is -2.17. The second-order valence-corrected chi connectivity index (χ2v) is 8.37. The molecule has 3 heterocycles. The number of H-pyrrole nitrogens is 1. The lowest BCUT2D eigenvalue weighted by atomic mass is 10.1. The lowest BCUT2D eigenvalue weighted by Crippen LogP contribution is -2.34. The van der Waals surface area contributed by atoms with Crippen LogP contribution in [0.4, 0.5) is 24.7 Å². The van der Waals surface area contributed by atoms with Crippen molar-refractivity contribution in [2.45, 2.75) is 38.0 Å². The Morgan fingerprint density at radius 3 is 2.82 bits per heavy atom. The van der Waals surface area contributed by atoms with Gasteiger partial charge < -0.3 is 15.2 Å². The highest BCUT2D eigenvalue weighted by Gasteiger charge is 2.37. The lowest BCUT2D eigenvalue weighted by molar-refractivity contribution is -0.140. The molecule has 0 spiro atoms. The summed E-state index contributed by atoms with van der Waals surface area (Å²) in [5.41, 5.74) is 1.43. The number of hydrogen-bond donors (Lipinski definition) is 2. The molecule has 2 atom stereocenters. The molecular weight excluding hydrogens is 437 g/mol. The Kier molecular flexibility index (Phi) is 4.88. The molecule has 1 aliphatic carbocycles. The van der Waals surface area contributed by atoms with Crippen LogP contribution in [0, 0.1) is 17.2 Å². The number of carbonyl (C=O) groups excluding carboxylic acids is 1. The third kappa shape index (κ3) is 3.71. The van der Waals surface area contributed by atoms with Crippen molar-refractivity contribution in [1.82, 2.24) is 19.7 Å². The van der Waals surface area contributed by atoms with Crippen molar-refractivity contribution in [3.63, 3.8) is 0 Å². The van der Waals surface area contributed by atoms with E-state index in [4.69, 9.17) is 0 Å². The minimum absolute atomic E-state index is 0.148. The van der Waals surface area contributed by atoms with Crippen LogP contribution in [0.2, 0.25) is 0 Å². The van der Waals surface area contributed by atoms with E-state index in [-0.39, 0.29) is 35.4 Å². The van der Waals surface area contributed by atoms with Gasteiger partial charge in [0.15, 0.2) is 5.82 Å². The summed E-state index contributed by atoms with van der Waals surface area (Å²) in [5, 5.41) is 17.5. The first-order chi connectivity index (χ1) is 15.7. The van der Waals surface area contributed by atoms with E-state index >= 15 is 0 Å². The number of amides is 1. The average molecular weight is 456 g/mol. The number of nitrogens with one attached hydrogen (secondary N) is 2. The van der Waals surface area contributed by atoms with Crippen molar-refractivity contribution in [2.75, 3.05) is 11.9 Å². The minimum Gasteiger partial charge on any atom is -0.338 e. The molecule has 1 aromatic carbocycles. The molecule has 1 amide bonds. The largest absolute Gasteiger partial charge is 0.406 e. The van der Waals surface area contributed by atoms with Crippen LogP contribution in [0.15, 0.2) is 35.3 Å². The number of benzene rings is 1. The summed E-state index contributed by atoms with van der Waals surface area (Å²) in [6.45, 7) is -1.46. The second kappa shape index (κ2) is 7.65. The zero-order valence-corrected chi connectivity index (χ0v) is 17.3. The predicted octanol–water partition coefficient (Wildman–Crippen LogP) is 3.85. The van der Waals surface area contributed by atoms with Gasteiger partial charge in [-0.05, 0) is 49.1 Å². The van der Waals surface area contributed by atoms with Crippen molar-refractivity contribution >= 4 is 28.3 Å². The topological polar surface area (TPSA) is 107 Å². The van der Waals surface area contributed by atoms with Crippen LogP contribution >= 0.6 is 0 Å². The van der Waals surface area contributed by atoms with Crippen LogP contribution in [0.1, 0.15) is 41.2 Å². The number of hydrogen-bond acceptors (Lipinski definition) is 5. The number of nitrogens with zero attached hydrogens (tertiary/aromatic N) is 4. The molecule has 3 aromatic rings. The first kappa shape index (κ1) is 21.1. The highest BCUT2D eigenvalue weighted by atomic mass is 19.4. The first-order valence-corrected chi connectivity index (χ1v) is 10.5. The second-order valence-electron chi connectivity index (χ2n) is 8.37. The zero-order chi connectivity index (χ0) is 23.3. The number of aromatic nitrogens is 3. The van der Waals surface area contributed by atoms with Gasteiger partial charge in [0.2, 0.25) is 0 Å². The van der Waals surface area contributed by atoms with Crippen molar-refractivity contribution in [2.24, 2.45) is 5.92 Å². The molecule has 170 valence electrons. The standard InChI is InChI=1S/C22H19F3N6O2/c23-22(24,25)11-30-10-13-8-14(4-5-15(13)21(30)33)28-19-18-17(6-7-27-20(18)32)31(29-19)16-3-1-2-12(16)9-26/h4-8,12,16H,1-3,10-11H2,(H,27,32)(H,28,29). The molecule has 11 heteroatoms. The molecular formula is C22H19F3N6O2. The van der Waals surface area contributed by atoms with Crippen LogP contribution < -0.4 is 10.9 Å². The van der Waals surface area contributed by atoms with Crippen molar-refractivity contribution in [3.8, 4) is 6.07 Å². The fraction of sp³-hybridized carbons (Fsp3) is 0.364. The van der Waals surface area contributed by atoms with E-state index in [1.807, 2.05) is 0 Å². The molecule has 2 aliphatic rings. The monoisotopic (exact) mass is 456 g/mol. The van der Waals surface area contributed by atoms with E-state index in [0.717, 1.165) is 24.2 Å². The summed E-state index contributed by atoms with van der Waals surface area (Å²) < 4.78 is 40.0. The predicted molar refractivity (Wildman–Crippen MR) is 113 cm³/mol. The van der Waals surface area contributed by atoms with Crippen molar-refractivity contribution in [3.05, 3.63) is 51.9 Å². The van der Waals surface area contributed by atoms with E-state index in [0.29, 0.717) is 22.2 Å². The Morgan fingerprint density at radius 2 is 2.06 bits per heavy atom. The highest BCUT2D eigenvalue weighted by Crippen LogP contribution is 2.38. The van der Waals surface area contributed by atoms with E-state index in [2.05, 4.69) is 21.5 Å². The van der Waals surface area contributed by atoms with Gasteiger partial charge >= 0.3 is 6.18 Å². The van der Waals surface area contributed by atoms with Crippen molar-refractivity contribution < 1.29 is 18.0 Å². The van der Waals surface area contributed by atoms with Gasteiger partial charge in [-0.1, -0.05) is 0 Å². The fourth-order valence-electron chi connectivity index (χ4n) is 4.76. The van der Waals surface area contributed by atoms with Crippen molar-refractivity contribution in [1.29, 1.82) is 5.26 Å². The molecule has 0 saturated heterocycles. The van der Waals surface area contributed by atoms with E-state index < -0.39 is 18.6 Å². The summed E-state index contributed by atoms with van der Waals surface area (Å²) >= 11 is 0. The third-order valence-corrected chi connectivity index (χ3v) is 6.21. The van der Waals surface area contributed by atoms with Gasteiger partial charge in [0.1, 0.15) is 11.9 Å². The molecule has 0 bridgehead atoms. The maximum Gasteiger partial charge on any atom is 0.406 e. The number of aromatic amines is 1. The fourth-order valence-corrected chi connectivity index (χ4v) is 4.76. The molecule has 8 nitrogen and oxygen atoms in total. The molecule has 5 rings (SSSR count). The van der Waals surface area contributed by atoms with Gasteiger partial charge in [0, 0.05) is 24.0 Å². The Hall–Kier alpha value is -3.81. The molecule has 2 unspecified atom stereocenters. The Morgan fingerprint density at radius 1 is 1.24 bits per heavy atom. The number of rotatable bonds is 4. The Balaban J connectivity index is 1.49. The molecule has 0 radical (unpaired) electrons. The molecule has 33 heavy (non-hydrogen) atoms. The SMILES string of the molecule is N#CC1CCCC1n1nc(Nc2ccc3c(c2)CN(CC(F)(F)F)C3=O)c2c(=O)[nH]ccc21. The van der Waals surface area contributed by atoms with Gasteiger partial charge in [-0.25, -0.2) is 0 Å². The van der Waals surface area contributed by atoms with Gasteiger partial charge in [0.05, 0.1) is 23.5 Å². The van der Waals surface area contributed by atoms with Gasteiger partial charge in [-0.15, -0.1) is 0 Å². The van der Waals surface area contributed by atoms with Crippen LogP contribution in [0.3, 0.4) is 0 Å². The third-order valence-electron chi connectivity index (χ3n) is 6.21. The Labute approximate surface area is 185 Å². The van der Waals surface area contributed by atoms with Crippen LogP contribution in [-0.4, -0.2) is 38.3 Å². The molecule has 1 aliphatic heterocycles. The number of halogens is 3. The van der Waals surface area contributed by atoms with Gasteiger partial charge in [-0.2, -0.15) is 23.5 Å². The number of nitriles is 1. The molecule has 2 aromatic heterocycles. The zero-order valence-electron chi connectivity index (χ0n) is 17.3. The summed E-state index contributed by atoms with van der Waals surface area (Å²) in [5.74, 6) is -0.582. The molecule has 1 saturated carbocycles. The van der Waals surface area contributed by atoms with Crippen LogP contribution in [-0.2, 0) is 6.54 Å². The number of carbonyl (C=O) groups is 1. The number of anilines is 2. The highest BCUT2D eigenvalue weighted by molar-refractivity contribution is 5.99. The molecule has 2 N–H and O–H groups in total. The summed E-state index contributed by atoms with van der Waals surface area (Å²) in [7, 11) is 0. The van der Waals surface area contributed by atoms with Crippen LogP contribution in [0.25, 0.3) is 10.9 Å². The average Bonchev–Trinajstić information content (AvgIpc) is 3.44. The summed E-state index contributed by atoms with van der Waals surface area (Å²) in [6, 6.07) is 8.55. The van der Waals surface area contributed by atoms with Gasteiger partial charge in [0.25, 0.3) is 11.5 Å². The smallest absolute Gasteiger partial charge is 0.338 e.